The van der Waals surface area contributed by atoms with Crippen LogP contribution in [0.1, 0.15) is 168 Å². The molecule has 0 rings (SSSR count). The third-order valence-corrected chi connectivity index (χ3v) is 9.01. The highest BCUT2D eigenvalue weighted by atomic mass is 31.2. The number of hydrogen-bond acceptors (Lipinski definition) is 7. The van der Waals surface area contributed by atoms with E-state index in [-0.39, 0.29) is 32.1 Å². The molecule has 3 N–H and O–H groups in total. The molecule has 0 aromatic rings. The Morgan fingerprint density at radius 1 is 0.633 bits per heavy atom. The molecule has 0 aliphatic heterocycles. The van der Waals surface area contributed by atoms with Gasteiger partial charge in [0, 0.05) is 19.4 Å². The molecule has 0 aliphatic rings. The van der Waals surface area contributed by atoms with Crippen molar-refractivity contribution >= 4 is 19.7 Å². The fourth-order valence-corrected chi connectivity index (χ4v) is 5.82. The molecule has 10 heteroatoms. The number of carbonyl (C=O) groups is 2. The fraction of sp³-hybridized carbons (Fsp3) is 0.795. The van der Waals surface area contributed by atoms with Gasteiger partial charge in [0.15, 0.2) is 0 Å². The number of carbonyl (C=O) groups excluding carboxylic acids is 2. The molecule has 1 amide bonds. The molecular formula is C39H72NO8P. The number of nitrogens with one attached hydrogen (secondary N) is 1. The predicted molar refractivity (Wildman–Crippen MR) is 201 cm³/mol. The Balaban J connectivity index is 3.63. The normalized spacial score (nSPS) is 13.8. The van der Waals surface area contributed by atoms with Crippen LogP contribution in [0.4, 0.5) is 0 Å². The van der Waals surface area contributed by atoms with Crippen LogP contribution < -0.4 is 5.32 Å². The van der Waals surface area contributed by atoms with Gasteiger partial charge in [0.1, 0.15) is 12.7 Å². The molecule has 0 fully saturated rings. The Hall–Kier alpha value is -1.77. The minimum atomic E-state index is -4.41. The molecule has 9 nitrogen and oxygen atoms in total. The van der Waals surface area contributed by atoms with E-state index in [1.54, 1.807) is 0 Å². The monoisotopic (exact) mass is 713 g/mol. The summed E-state index contributed by atoms with van der Waals surface area (Å²) in [6.45, 7) is 3.44. The van der Waals surface area contributed by atoms with E-state index in [4.69, 9.17) is 13.8 Å². The number of ether oxygens (including phenoxy) is 1. The number of hydrogen-bond donors (Lipinski definition) is 3. The average molecular weight is 714 g/mol. The quantitative estimate of drug-likeness (QED) is 0.0253. The summed E-state index contributed by atoms with van der Waals surface area (Å²) in [4.78, 5) is 33.7. The lowest BCUT2D eigenvalue weighted by molar-refractivity contribution is -0.147. The van der Waals surface area contributed by atoms with Gasteiger partial charge >= 0.3 is 13.8 Å². The molecule has 286 valence electrons. The number of allylic oxidation sites excluding steroid dienone is 6. The van der Waals surface area contributed by atoms with Crippen LogP contribution in [-0.2, 0) is 27.9 Å². The third-order valence-electron chi connectivity index (χ3n) is 8.02. The zero-order chi connectivity index (χ0) is 36.1. The summed E-state index contributed by atoms with van der Waals surface area (Å²) in [5.74, 6) is -0.537. The molecule has 0 aliphatic carbocycles. The van der Waals surface area contributed by atoms with Gasteiger partial charge in [0.25, 0.3) is 0 Å². The van der Waals surface area contributed by atoms with Crippen molar-refractivity contribution in [3.63, 3.8) is 0 Å². The second kappa shape index (κ2) is 36.0. The maximum Gasteiger partial charge on any atom is 0.472 e. The van der Waals surface area contributed by atoms with E-state index in [0.29, 0.717) is 6.42 Å². The first-order valence-electron chi connectivity index (χ1n) is 19.5. The predicted octanol–water partition coefficient (Wildman–Crippen LogP) is 10.2. The molecular weight excluding hydrogens is 641 g/mol. The summed E-state index contributed by atoms with van der Waals surface area (Å²) in [6, 6.07) is 0. The summed E-state index contributed by atoms with van der Waals surface area (Å²) in [5.41, 5.74) is 0. The van der Waals surface area contributed by atoms with Crippen LogP contribution in [0.3, 0.4) is 0 Å². The second-order valence-corrected chi connectivity index (χ2v) is 14.3. The zero-order valence-corrected chi connectivity index (χ0v) is 32.0. The highest BCUT2D eigenvalue weighted by Crippen LogP contribution is 2.42. The van der Waals surface area contributed by atoms with Crippen LogP contribution in [0.25, 0.3) is 0 Å². The maximum atomic E-state index is 12.0. The van der Waals surface area contributed by atoms with Gasteiger partial charge in [-0.1, -0.05) is 127 Å². The fourth-order valence-electron chi connectivity index (χ4n) is 5.06. The molecule has 0 bridgehead atoms. The van der Waals surface area contributed by atoms with Crippen molar-refractivity contribution in [2.24, 2.45) is 0 Å². The first-order valence-corrected chi connectivity index (χ1v) is 21.0. The third kappa shape index (κ3) is 37.3. The lowest BCUT2D eigenvalue weighted by atomic mass is 10.1. The van der Waals surface area contributed by atoms with Crippen molar-refractivity contribution in [2.45, 2.75) is 174 Å². The summed E-state index contributed by atoms with van der Waals surface area (Å²) < 4.78 is 26.7. The topological polar surface area (TPSA) is 131 Å². The van der Waals surface area contributed by atoms with Crippen molar-refractivity contribution in [1.82, 2.24) is 5.32 Å². The number of amides is 1. The standard InChI is InChI=1S/C39H72NO8P/c1-3-5-7-9-11-13-15-16-17-18-19-20-21-22-24-26-28-30-32-39(43)46-35-37(41)36-48-49(44,45)47-34-33-40-38(42)31-29-27-25-23-14-12-10-8-6-4-2/h8,10,13,15,17-18,37,41H,3-7,9,11-12,14,16,19-36H2,1-2H3,(H,40,42)(H,44,45)/b10-8-,15-13-,18-17-. The minimum Gasteiger partial charge on any atom is -0.463 e. The molecule has 2 atom stereocenters. The van der Waals surface area contributed by atoms with E-state index < -0.39 is 26.5 Å². The van der Waals surface area contributed by atoms with Crippen LogP contribution in [0.15, 0.2) is 36.5 Å². The lowest BCUT2D eigenvalue weighted by Crippen LogP contribution is -2.27. The largest absolute Gasteiger partial charge is 0.472 e. The smallest absolute Gasteiger partial charge is 0.463 e. The van der Waals surface area contributed by atoms with Gasteiger partial charge in [-0.25, -0.2) is 4.57 Å². The van der Waals surface area contributed by atoms with E-state index in [1.165, 1.54) is 64.2 Å². The number of aliphatic hydroxyl groups is 1. The highest BCUT2D eigenvalue weighted by Gasteiger charge is 2.23. The van der Waals surface area contributed by atoms with Crippen molar-refractivity contribution in [1.29, 1.82) is 0 Å². The molecule has 2 unspecified atom stereocenters. The van der Waals surface area contributed by atoms with Gasteiger partial charge in [0.2, 0.25) is 5.91 Å². The Labute approximate surface area is 299 Å². The van der Waals surface area contributed by atoms with E-state index in [0.717, 1.165) is 77.0 Å². The molecule has 0 saturated heterocycles. The summed E-state index contributed by atoms with van der Waals surface area (Å²) in [7, 11) is -4.41. The number of unbranched alkanes of at least 4 members (excludes halogenated alkanes) is 17. The Kier molecular flexibility index (Phi) is 34.7. The Bertz CT molecular complexity index is 907. The van der Waals surface area contributed by atoms with Gasteiger partial charge in [0.05, 0.1) is 13.2 Å². The first kappa shape index (κ1) is 47.2. The first-order chi connectivity index (χ1) is 23.8. The SMILES string of the molecule is CCC/C=C\CCCCCCCC(=O)NCCOP(=O)(O)OCC(O)COC(=O)CCCCCCCCC/C=C\C/C=C\CCCCCC. The minimum absolute atomic E-state index is 0.0756. The molecule has 0 saturated carbocycles. The van der Waals surface area contributed by atoms with E-state index in [2.05, 4.69) is 55.6 Å². The maximum absolute atomic E-state index is 12.0. The zero-order valence-electron chi connectivity index (χ0n) is 31.1. The summed E-state index contributed by atoms with van der Waals surface area (Å²) >= 11 is 0. The summed E-state index contributed by atoms with van der Waals surface area (Å²) in [6.07, 6.45) is 37.9. The molecule has 0 aromatic carbocycles. The molecule has 0 radical (unpaired) electrons. The van der Waals surface area contributed by atoms with Crippen LogP contribution in [0, 0.1) is 0 Å². The van der Waals surface area contributed by atoms with Crippen molar-refractivity contribution in [3.05, 3.63) is 36.5 Å². The van der Waals surface area contributed by atoms with Gasteiger partial charge in [-0.15, -0.1) is 0 Å². The van der Waals surface area contributed by atoms with Crippen molar-refractivity contribution < 1.29 is 37.9 Å². The summed E-state index contributed by atoms with van der Waals surface area (Å²) in [5, 5.41) is 12.6. The lowest BCUT2D eigenvalue weighted by Gasteiger charge is -2.15. The number of rotatable bonds is 36. The van der Waals surface area contributed by atoms with Crippen LogP contribution in [0.2, 0.25) is 0 Å². The van der Waals surface area contributed by atoms with Crippen molar-refractivity contribution in [3.8, 4) is 0 Å². The van der Waals surface area contributed by atoms with Crippen LogP contribution in [-0.4, -0.2) is 54.3 Å². The number of esters is 1. The van der Waals surface area contributed by atoms with Crippen molar-refractivity contribution in [2.75, 3.05) is 26.4 Å². The van der Waals surface area contributed by atoms with E-state index in [1.807, 2.05) is 0 Å². The van der Waals surface area contributed by atoms with Gasteiger partial charge < -0.3 is 20.1 Å². The highest BCUT2D eigenvalue weighted by molar-refractivity contribution is 7.47. The van der Waals surface area contributed by atoms with Crippen LogP contribution in [0.5, 0.6) is 0 Å². The number of phosphoric ester groups is 1. The number of aliphatic hydroxyl groups excluding tert-OH is 1. The van der Waals surface area contributed by atoms with Gasteiger partial charge in [-0.05, 0) is 64.2 Å². The molecule has 0 spiro atoms. The van der Waals surface area contributed by atoms with Gasteiger partial charge in [-0.3, -0.25) is 18.6 Å². The Morgan fingerprint density at radius 2 is 1.14 bits per heavy atom. The number of phosphoric acid groups is 1. The Morgan fingerprint density at radius 3 is 1.73 bits per heavy atom. The molecule has 0 heterocycles. The second-order valence-electron chi connectivity index (χ2n) is 12.9. The van der Waals surface area contributed by atoms with E-state index in [9.17, 15) is 24.2 Å². The average Bonchev–Trinajstić information content (AvgIpc) is 3.08. The molecule has 49 heavy (non-hydrogen) atoms. The van der Waals surface area contributed by atoms with Gasteiger partial charge in [-0.2, -0.15) is 0 Å². The van der Waals surface area contributed by atoms with E-state index >= 15 is 0 Å². The van der Waals surface area contributed by atoms with Crippen LogP contribution >= 0.6 is 7.82 Å². The molecule has 0 aromatic heterocycles.